The number of likely N-dealkylation sites (tertiary alicyclic amines) is 1. The average Bonchev–Trinajstić information content (AvgIpc) is 2.77. The summed E-state index contributed by atoms with van der Waals surface area (Å²) < 4.78 is 4.74. The Kier molecular flexibility index (Phi) is 2.77. The Labute approximate surface area is 85.4 Å². The van der Waals surface area contributed by atoms with Gasteiger partial charge in [0.25, 0.3) is 0 Å². The van der Waals surface area contributed by atoms with E-state index in [1.54, 1.807) is 0 Å². The van der Waals surface area contributed by atoms with Gasteiger partial charge in [0, 0.05) is 19.1 Å². The van der Waals surface area contributed by atoms with Crippen molar-refractivity contribution in [3.8, 4) is 0 Å². The highest BCUT2D eigenvalue weighted by Gasteiger charge is 2.38. The summed E-state index contributed by atoms with van der Waals surface area (Å²) in [6.07, 6.45) is 4.08. The van der Waals surface area contributed by atoms with Crippen LogP contribution in [0.25, 0.3) is 0 Å². The van der Waals surface area contributed by atoms with E-state index in [1.165, 1.54) is 32.9 Å². The zero-order valence-electron chi connectivity index (χ0n) is 9.03. The number of carbonyl (C=O) groups is 1. The van der Waals surface area contributed by atoms with Crippen molar-refractivity contribution in [2.75, 3.05) is 20.2 Å². The molecule has 0 amide bonds. The summed E-state index contributed by atoms with van der Waals surface area (Å²) in [5.41, 5.74) is 0. The summed E-state index contributed by atoms with van der Waals surface area (Å²) in [5, 5.41) is 0. The second-order valence-electron chi connectivity index (χ2n) is 4.71. The molecule has 3 atom stereocenters. The third-order valence-electron chi connectivity index (χ3n) is 3.63. The number of hydrogen-bond acceptors (Lipinski definition) is 3. The molecular formula is C11H19NO2. The molecule has 0 aromatic carbocycles. The smallest absolute Gasteiger partial charge is 0.309 e. The molecule has 0 radical (unpaired) electrons. The SMILES string of the molecule is COC(=O)[C@@H](C)CN1C[C@@H]2CC[C@H]1C2. The van der Waals surface area contributed by atoms with Crippen LogP contribution in [0.15, 0.2) is 0 Å². The fraction of sp³-hybridized carbons (Fsp3) is 0.909. The summed E-state index contributed by atoms with van der Waals surface area (Å²) in [7, 11) is 1.47. The van der Waals surface area contributed by atoms with Crippen molar-refractivity contribution in [3.05, 3.63) is 0 Å². The zero-order valence-corrected chi connectivity index (χ0v) is 9.03. The van der Waals surface area contributed by atoms with Gasteiger partial charge in [-0.25, -0.2) is 0 Å². The topological polar surface area (TPSA) is 29.5 Å². The average molecular weight is 197 g/mol. The van der Waals surface area contributed by atoms with Gasteiger partial charge in [0.1, 0.15) is 0 Å². The number of rotatable bonds is 3. The Morgan fingerprint density at radius 3 is 2.86 bits per heavy atom. The van der Waals surface area contributed by atoms with Crippen LogP contribution in [0.3, 0.4) is 0 Å². The highest BCUT2D eigenvalue weighted by Crippen LogP contribution is 2.37. The van der Waals surface area contributed by atoms with Gasteiger partial charge in [0.15, 0.2) is 0 Å². The molecule has 1 aliphatic carbocycles. The van der Waals surface area contributed by atoms with Gasteiger partial charge < -0.3 is 4.74 Å². The molecule has 80 valence electrons. The molecule has 3 nitrogen and oxygen atoms in total. The fourth-order valence-corrected chi connectivity index (χ4v) is 2.88. The molecule has 3 heteroatoms. The lowest BCUT2D eigenvalue weighted by atomic mass is 10.1. The Balaban J connectivity index is 1.83. The van der Waals surface area contributed by atoms with Crippen molar-refractivity contribution in [2.24, 2.45) is 11.8 Å². The zero-order chi connectivity index (χ0) is 10.1. The normalized spacial score (nSPS) is 33.3. The minimum Gasteiger partial charge on any atom is -0.469 e. The lowest BCUT2D eigenvalue weighted by Gasteiger charge is -2.28. The van der Waals surface area contributed by atoms with Crippen molar-refractivity contribution in [1.29, 1.82) is 0 Å². The van der Waals surface area contributed by atoms with Crippen LogP contribution in [-0.2, 0) is 9.53 Å². The van der Waals surface area contributed by atoms with E-state index < -0.39 is 0 Å². The van der Waals surface area contributed by atoms with Gasteiger partial charge in [-0.3, -0.25) is 9.69 Å². The van der Waals surface area contributed by atoms with Crippen LogP contribution in [0.1, 0.15) is 26.2 Å². The highest BCUT2D eigenvalue weighted by atomic mass is 16.5. The third-order valence-corrected chi connectivity index (χ3v) is 3.63. The number of nitrogens with zero attached hydrogens (tertiary/aromatic N) is 1. The maximum Gasteiger partial charge on any atom is 0.309 e. The van der Waals surface area contributed by atoms with Gasteiger partial charge in [-0.2, -0.15) is 0 Å². The van der Waals surface area contributed by atoms with Gasteiger partial charge >= 0.3 is 5.97 Å². The Hall–Kier alpha value is -0.570. The van der Waals surface area contributed by atoms with Gasteiger partial charge in [0.2, 0.25) is 0 Å². The first kappa shape index (κ1) is 9.97. The van der Waals surface area contributed by atoms with E-state index >= 15 is 0 Å². The van der Waals surface area contributed by atoms with E-state index in [4.69, 9.17) is 4.74 Å². The van der Waals surface area contributed by atoms with Crippen LogP contribution in [0, 0.1) is 11.8 Å². The predicted octanol–water partition coefficient (Wildman–Crippen LogP) is 1.28. The minimum absolute atomic E-state index is 0.0272. The molecule has 1 heterocycles. The van der Waals surface area contributed by atoms with Crippen LogP contribution < -0.4 is 0 Å². The molecule has 1 aliphatic heterocycles. The van der Waals surface area contributed by atoms with Gasteiger partial charge in [0.05, 0.1) is 13.0 Å². The first-order valence-corrected chi connectivity index (χ1v) is 5.52. The molecule has 0 aromatic rings. The minimum atomic E-state index is -0.0761. The lowest BCUT2D eigenvalue weighted by Crippen LogP contribution is -2.37. The maximum absolute atomic E-state index is 11.3. The predicted molar refractivity (Wildman–Crippen MR) is 53.9 cm³/mol. The molecular weight excluding hydrogens is 178 g/mol. The number of carbonyl (C=O) groups excluding carboxylic acids is 1. The quantitative estimate of drug-likeness (QED) is 0.638. The number of methoxy groups -OCH3 is 1. The molecule has 0 unspecified atom stereocenters. The second kappa shape index (κ2) is 3.89. The largest absolute Gasteiger partial charge is 0.469 e. The second-order valence-corrected chi connectivity index (χ2v) is 4.71. The van der Waals surface area contributed by atoms with Crippen LogP contribution in [0.4, 0.5) is 0 Å². The van der Waals surface area contributed by atoms with Gasteiger partial charge in [-0.05, 0) is 25.2 Å². The summed E-state index contributed by atoms with van der Waals surface area (Å²) >= 11 is 0. The standard InChI is InChI=1S/C11H19NO2/c1-8(11(13)14-2)6-12-7-9-3-4-10(12)5-9/h8-10H,3-7H2,1-2H3/t8-,9+,10-/m0/s1. The first-order chi connectivity index (χ1) is 6.70. The fourth-order valence-electron chi connectivity index (χ4n) is 2.88. The molecule has 2 fully saturated rings. The number of hydrogen-bond donors (Lipinski definition) is 0. The van der Waals surface area contributed by atoms with E-state index in [0.717, 1.165) is 18.5 Å². The van der Waals surface area contributed by atoms with Crippen molar-refractivity contribution in [2.45, 2.75) is 32.2 Å². The van der Waals surface area contributed by atoms with Crippen molar-refractivity contribution in [1.82, 2.24) is 4.90 Å². The summed E-state index contributed by atoms with van der Waals surface area (Å²) in [4.78, 5) is 13.7. The number of ether oxygens (including phenoxy) is 1. The van der Waals surface area contributed by atoms with E-state index in [2.05, 4.69) is 4.90 Å². The van der Waals surface area contributed by atoms with Crippen molar-refractivity contribution < 1.29 is 9.53 Å². The van der Waals surface area contributed by atoms with E-state index in [1.807, 2.05) is 6.92 Å². The van der Waals surface area contributed by atoms with Crippen LogP contribution in [0.5, 0.6) is 0 Å². The van der Waals surface area contributed by atoms with Crippen LogP contribution in [0.2, 0.25) is 0 Å². The number of piperidine rings is 1. The summed E-state index contributed by atoms with van der Waals surface area (Å²) in [5.74, 6) is 0.858. The molecule has 1 saturated carbocycles. The van der Waals surface area contributed by atoms with E-state index in [0.29, 0.717) is 0 Å². The van der Waals surface area contributed by atoms with Crippen molar-refractivity contribution >= 4 is 5.97 Å². The van der Waals surface area contributed by atoms with Gasteiger partial charge in [-0.1, -0.05) is 6.92 Å². The number of fused-ring (bicyclic) bond motifs is 2. The molecule has 1 saturated heterocycles. The monoisotopic (exact) mass is 197 g/mol. The molecule has 14 heavy (non-hydrogen) atoms. The molecule has 2 rings (SSSR count). The molecule has 2 aliphatic rings. The van der Waals surface area contributed by atoms with Gasteiger partial charge in [-0.15, -0.1) is 0 Å². The Bertz CT molecular complexity index is 229. The van der Waals surface area contributed by atoms with Crippen molar-refractivity contribution in [3.63, 3.8) is 0 Å². The van der Waals surface area contributed by atoms with Crippen LogP contribution in [-0.4, -0.2) is 37.1 Å². The Morgan fingerprint density at radius 1 is 1.57 bits per heavy atom. The van der Waals surface area contributed by atoms with E-state index in [-0.39, 0.29) is 11.9 Å². The molecule has 2 bridgehead atoms. The first-order valence-electron chi connectivity index (χ1n) is 5.52. The summed E-state index contributed by atoms with van der Waals surface area (Å²) in [6.45, 7) is 4.04. The Morgan fingerprint density at radius 2 is 2.36 bits per heavy atom. The molecule has 0 N–H and O–H groups in total. The maximum atomic E-state index is 11.3. The highest BCUT2D eigenvalue weighted by molar-refractivity contribution is 5.72. The summed E-state index contributed by atoms with van der Waals surface area (Å²) in [6, 6.07) is 0.757. The molecule has 0 spiro atoms. The van der Waals surface area contributed by atoms with E-state index in [9.17, 15) is 4.79 Å². The molecule has 0 aromatic heterocycles. The third kappa shape index (κ3) is 1.78. The number of esters is 1. The lowest BCUT2D eigenvalue weighted by molar-refractivity contribution is -0.145. The van der Waals surface area contributed by atoms with Crippen LogP contribution >= 0.6 is 0 Å².